The first-order valence-corrected chi connectivity index (χ1v) is 6.42. The number of halogens is 1. The summed E-state index contributed by atoms with van der Waals surface area (Å²) in [5, 5.41) is 12.5. The third kappa shape index (κ3) is 2.53. The van der Waals surface area contributed by atoms with E-state index >= 15 is 0 Å². The van der Waals surface area contributed by atoms with Gasteiger partial charge in [0.2, 0.25) is 0 Å². The summed E-state index contributed by atoms with van der Waals surface area (Å²) in [4.78, 5) is 2.17. The van der Waals surface area contributed by atoms with Crippen LogP contribution < -0.4 is 10.6 Å². The van der Waals surface area contributed by atoms with Gasteiger partial charge < -0.3 is 15.8 Å². The van der Waals surface area contributed by atoms with Crippen molar-refractivity contribution in [3.63, 3.8) is 0 Å². The van der Waals surface area contributed by atoms with Crippen molar-refractivity contribution in [1.82, 2.24) is 0 Å². The van der Waals surface area contributed by atoms with Crippen LogP contribution in [0.4, 0.5) is 5.69 Å². The van der Waals surface area contributed by atoms with Crippen LogP contribution >= 0.6 is 11.6 Å². The summed E-state index contributed by atoms with van der Waals surface area (Å²) in [5.41, 5.74) is 7.31. The van der Waals surface area contributed by atoms with Gasteiger partial charge in [-0.2, -0.15) is 0 Å². The highest BCUT2D eigenvalue weighted by atomic mass is 35.5. The van der Waals surface area contributed by atoms with Gasteiger partial charge in [-0.15, -0.1) is 0 Å². The first-order chi connectivity index (χ1) is 8.54. The van der Waals surface area contributed by atoms with Crippen LogP contribution in [0.3, 0.4) is 0 Å². The number of hydrogen-bond acceptors (Lipinski definition) is 3. The van der Waals surface area contributed by atoms with Crippen LogP contribution in [0.2, 0.25) is 5.02 Å². The minimum Gasteiger partial charge on any atom is -0.409 e. The van der Waals surface area contributed by atoms with E-state index in [0.29, 0.717) is 16.6 Å². The van der Waals surface area contributed by atoms with Crippen molar-refractivity contribution >= 4 is 23.1 Å². The molecule has 0 heterocycles. The molecule has 1 aromatic carbocycles. The molecular formula is C13H18ClN3O. The number of rotatable bonds is 4. The lowest BCUT2D eigenvalue weighted by Gasteiger charge is -2.29. The molecule has 3 N–H and O–H groups in total. The van der Waals surface area contributed by atoms with E-state index in [1.165, 1.54) is 12.8 Å². The average molecular weight is 268 g/mol. The van der Waals surface area contributed by atoms with Gasteiger partial charge in [-0.05, 0) is 43.9 Å². The van der Waals surface area contributed by atoms with Crippen molar-refractivity contribution in [2.45, 2.75) is 25.8 Å². The number of amidine groups is 1. The van der Waals surface area contributed by atoms with E-state index in [1.807, 2.05) is 19.2 Å². The maximum Gasteiger partial charge on any atom is 0.172 e. The molecule has 2 rings (SSSR count). The lowest BCUT2D eigenvalue weighted by Crippen LogP contribution is -2.32. The SMILES string of the molecule is CC(C1CC1)N(C)c1ccc(Cl)cc1C(N)=NO. The van der Waals surface area contributed by atoms with Crippen LogP contribution in [-0.2, 0) is 0 Å². The Labute approximate surface area is 112 Å². The van der Waals surface area contributed by atoms with Crippen LogP contribution in [0.25, 0.3) is 0 Å². The third-order valence-corrected chi connectivity index (χ3v) is 3.87. The fourth-order valence-corrected chi connectivity index (χ4v) is 2.36. The molecule has 1 atom stereocenters. The van der Waals surface area contributed by atoms with Crippen molar-refractivity contribution in [2.24, 2.45) is 16.8 Å². The minimum absolute atomic E-state index is 0.0855. The van der Waals surface area contributed by atoms with E-state index in [4.69, 9.17) is 22.5 Å². The highest BCUT2D eigenvalue weighted by molar-refractivity contribution is 6.31. The zero-order chi connectivity index (χ0) is 13.3. The van der Waals surface area contributed by atoms with E-state index in [0.717, 1.165) is 11.6 Å². The molecule has 1 fully saturated rings. The second-order valence-corrected chi connectivity index (χ2v) is 5.27. The first kappa shape index (κ1) is 13.0. The Balaban J connectivity index is 2.36. The predicted octanol–water partition coefficient (Wildman–Crippen LogP) is 2.67. The normalized spacial score (nSPS) is 17.6. The van der Waals surface area contributed by atoms with Gasteiger partial charge in [0.1, 0.15) is 0 Å². The molecule has 5 heteroatoms. The lowest BCUT2D eigenvalue weighted by molar-refractivity contribution is 0.318. The number of nitrogens with zero attached hydrogens (tertiary/aromatic N) is 2. The Kier molecular flexibility index (Phi) is 3.66. The van der Waals surface area contributed by atoms with E-state index in [2.05, 4.69) is 17.0 Å². The Bertz CT molecular complexity index is 471. The molecule has 0 radical (unpaired) electrons. The Morgan fingerprint density at radius 1 is 1.56 bits per heavy atom. The summed E-state index contributed by atoms with van der Waals surface area (Å²) in [5.74, 6) is 0.827. The number of oxime groups is 1. The topological polar surface area (TPSA) is 61.8 Å². The molecule has 0 aliphatic heterocycles. The molecule has 4 nitrogen and oxygen atoms in total. The fourth-order valence-electron chi connectivity index (χ4n) is 2.19. The third-order valence-electron chi connectivity index (χ3n) is 3.64. The summed E-state index contributed by atoms with van der Waals surface area (Å²) in [7, 11) is 2.03. The predicted molar refractivity (Wildman–Crippen MR) is 74.6 cm³/mol. The van der Waals surface area contributed by atoms with E-state index in [-0.39, 0.29) is 5.84 Å². The molecular weight excluding hydrogens is 250 g/mol. The molecule has 0 amide bonds. The maximum absolute atomic E-state index is 8.85. The van der Waals surface area contributed by atoms with Gasteiger partial charge in [-0.3, -0.25) is 0 Å². The number of benzene rings is 1. The van der Waals surface area contributed by atoms with Crippen molar-refractivity contribution in [3.8, 4) is 0 Å². The van der Waals surface area contributed by atoms with Crippen LogP contribution in [-0.4, -0.2) is 24.1 Å². The molecule has 1 aliphatic carbocycles. The Morgan fingerprint density at radius 3 is 2.78 bits per heavy atom. The molecule has 1 aromatic rings. The fraction of sp³-hybridized carbons (Fsp3) is 0.462. The van der Waals surface area contributed by atoms with Crippen molar-refractivity contribution in [1.29, 1.82) is 0 Å². The Morgan fingerprint density at radius 2 is 2.22 bits per heavy atom. The van der Waals surface area contributed by atoms with Crippen LogP contribution in [0.15, 0.2) is 23.4 Å². The highest BCUT2D eigenvalue weighted by Gasteiger charge is 2.31. The monoisotopic (exact) mass is 267 g/mol. The van der Waals surface area contributed by atoms with Crippen molar-refractivity contribution < 1.29 is 5.21 Å². The van der Waals surface area contributed by atoms with Gasteiger partial charge in [0.05, 0.1) is 0 Å². The summed E-state index contributed by atoms with van der Waals surface area (Å²) < 4.78 is 0. The summed E-state index contributed by atoms with van der Waals surface area (Å²) >= 11 is 5.97. The largest absolute Gasteiger partial charge is 0.409 e. The molecule has 18 heavy (non-hydrogen) atoms. The van der Waals surface area contributed by atoms with Gasteiger partial charge in [0, 0.05) is 29.4 Å². The van der Waals surface area contributed by atoms with Crippen molar-refractivity contribution in [3.05, 3.63) is 28.8 Å². The quantitative estimate of drug-likeness (QED) is 0.382. The zero-order valence-corrected chi connectivity index (χ0v) is 11.4. The molecule has 1 saturated carbocycles. The van der Waals surface area contributed by atoms with Crippen molar-refractivity contribution in [2.75, 3.05) is 11.9 Å². The standard InChI is InChI=1S/C13H18ClN3O/c1-8(9-3-4-9)17(2)12-6-5-10(14)7-11(12)13(15)16-18/h5-9,18H,3-4H2,1-2H3,(H2,15,16). The highest BCUT2D eigenvalue weighted by Crippen LogP contribution is 2.37. The molecule has 0 spiro atoms. The zero-order valence-electron chi connectivity index (χ0n) is 10.6. The van der Waals surface area contributed by atoms with Gasteiger partial charge in [-0.1, -0.05) is 16.8 Å². The maximum atomic E-state index is 8.85. The van der Waals surface area contributed by atoms with Gasteiger partial charge in [-0.25, -0.2) is 0 Å². The van der Waals surface area contributed by atoms with E-state index in [9.17, 15) is 0 Å². The smallest absolute Gasteiger partial charge is 0.172 e. The van der Waals surface area contributed by atoms with E-state index < -0.39 is 0 Å². The summed E-state index contributed by atoms with van der Waals surface area (Å²) in [6.45, 7) is 2.20. The lowest BCUT2D eigenvalue weighted by atomic mass is 10.1. The number of hydrogen-bond donors (Lipinski definition) is 2. The second-order valence-electron chi connectivity index (χ2n) is 4.84. The van der Waals surface area contributed by atoms with Gasteiger partial charge >= 0.3 is 0 Å². The van der Waals surface area contributed by atoms with Gasteiger partial charge in [0.15, 0.2) is 5.84 Å². The second kappa shape index (κ2) is 5.06. The van der Waals surface area contributed by atoms with Crippen LogP contribution in [0.1, 0.15) is 25.3 Å². The molecule has 1 unspecified atom stereocenters. The van der Waals surface area contributed by atoms with Crippen LogP contribution in [0.5, 0.6) is 0 Å². The number of anilines is 1. The molecule has 0 bridgehead atoms. The Hall–Kier alpha value is -1.42. The summed E-state index contributed by atoms with van der Waals surface area (Å²) in [6, 6.07) is 5.90. The number of nitrogens with two attached hydrogens (primary N) is 1. The summed E-state index contributed by atoms with van der Waals surface area (Å²) in [6.07, 6.45) is 2.55. The first-order valence-electron chi connectivity index (χ1n) is 6.05. The van der Waals surface area contributed by atoms with Crippen LogP contribution in [0, 0.1) is 5.92 Å². The molecule has 1 aliphatic rings. The average Bonchev–Trinajstić information content (AvgIpc) is 3.20. The molecule has 0 aromatic heterocycles. The minimum atomic E-state index is 0.0855. The van der Waals surface area contributed by atoms with E-state index in [1.54, 1.807) is 6.07 Å². The molecule has 0 saturated heterocycles. The van der Waals surface area contributed by atoms with Gasteiger partial charge in [0.25, 0.3) is 0 Å². The molecule has 98 valence electrons.